The van der Waals surface area contributed by atoms with E-state index in [1.807, 2.05) is 0 Å². The van der Waals surface area contributed by atoms with E-state index in [2.05, 4.69) is 0 Å². The van der Waals surface area contributed by atoms with Crippen molar-refractivity contribution in [2.75, 3.05) is 13.2 Å². The van der Waals surface area contributed by atoms with Crippen LogP contribution in [0.4, 0.5) is 4.39 Å². The molecular weight excluding hydrogens is 284 g/mol. The van der Waals surface area contributed by atoms with E-state index >= 15 is 0 Å². The number of rotatable bonds is 6. The van der Waals surface area contributed by atoms with Crippen LogP contribution in [-0.2, 0) is 13.6 Å². The van der Waals surface area contributed by atoms with E-state index in [1.165, 1.54) is 18.2 Å². The summed E-state index contributed by atoms with van der Waals surface area (Å²) in [6.45, 7) is 3.18. The fourth-order valence-corrected chi connectivity index (χ4v) is 3.05. The fraction of sp³-hybridized carbons (Fsp3) is 0.308. The van der Waals surface area contributed by atoms with Gasteiger partial charge >= 0.3 is 7.60 Å². The summed E-state index contributed by atoms with van der Waals surface area (Å²) >= 11 is 0. The number of hydrogen-bond acceptors (Lipinski definition) is 5. The van der Waals surface area contributed by atoms with Gasteiger partial charge in [0.25, 0.3) is 0 Å². The summed E-state index contributed by atoms with van der Waals surface area (Å²) in [6.07, 6.45) is 0. The Morgan fingerprint density at radius 2 is 1.90 bits per heavy atom. The molecule has 0 spiro atoms. The predicted octanol–water partition coefficient (Wildman–Crippen LogP) is 3.84. The Kier molecular flexibility index (Phi) is 5.90. The molecule has 0 radical (unpaired) electrons. The second-order valence-electron chi connectivity index (χ2n) is 3.62. The molecule has 0 saturated carbocycles. The van der Waals surface area contributed by atoms with Crippen molar-refractivity contribution in [3.8, 4) is 6.07 Å². The van der Waals surface area contributed by atoms with Gasteiger partial charge in [0.2, 0.25) is 0 Å². The van der Waals surface area contributed by atoms with Crippen molar-refractivity contribution in [2.45, 2.75) is 13.8 Å². The van der Waals surface area contributed by atoms with Crippen molar-refractivity contribution in [3.05, 3.63) is 41.0 Å². The normalized spacial score (nSPS) is 12.7. The Morgan fingerprint density at radius 1 is 1.35 bits per heavy atom. The number of aliphatic hydroxyl groups excluding tert-OH is 1. The van der Waals surface area contributed by atoms with E-state index in [4.69, 9.17) is 14.3 Å². The maximum atomic E-state index is 13.6. The second-order valence-corrected chi connectivity index (χ2v) is 5.58. The molecule has 0 amide bonds. The highest BCUT2D eigenvalue weighted by atomic mass is 31.2. The molecule has 5 nitrogen and oxygen atoms in total. The van der Waals surface area contributed by atoms with Gasteiger partial charge in [0, 0.05) is 0 Å². The molecule has 1 rings (SSSR count). The van der Waals surface area contributed by atoms with Crippen LogP contribution in [0.2, 0.25) is 0 Å². The molecule has 0 bridgehead atoms. The number of benzene rings is 1. The van der Waals surface area contributed by atoms with E-state index in [1.54, 1.807) is 19.9 Å². The molecule has 0 aliphatic carbocycles. The number of halogens is 1. The van der Waals surface area contributed by atoms with Crippen LogP contribution in [0.3, 0.4) is 0 Å². The molecule has 0 fully saturated rings. The topological polar surface area (TPSA) is 79.5 Å². The van der Waals surface area contributed by atoms with Gasteiger partial charge in [-0.3, -0.25) is 4.57 Å². The van der Waals surface area contributed by atoms with Gasteiger partial charge in [-0.05, 0) is 26.0 Å². The lowest BCUT2D eigenvalue weighted by Gasteiger charge is -2.17. The highest BCUT2D eigenvalue weighted by molar-refractivity contribution is 7.59. The standard InChI is InChI=1S/C13H15FNO4P/c1-3-18-20(17,19-4-2)12(9-15)13(16)10-7-5-6-8-11(10)14/h5-8,16H,3-4H2,1-2H3/b13-12-. The maximum Gasteiger partial charge on any atom is 0.375 e. The average molecular weight is 299 g/mol. The molecular formula is C13H15FNO4P. The van der Waals surface area contributed by atoms with Gasteiger partial charge in [-0.25, -0.2) is 4.39 Å². The Hall–Kier alpha value is -1.67. The molecule has 1 aromatic rings. The van der Waals surface area contributed by atoms with E-state index in [-0.39, 0.29) is 18.8 Å². The minimum atomic E-state index is -3.97. The first kappa shape index (κ1) is 16.4. The van der Waals surface area contributed by atoms with Crippen molar-refractivity contribution in [1.29, 1.82) is 5.26 Å². The number of hydrogen-bond donors (Lipinski definition) is 1. The predicted molar refractivity (Wildman–Crippen MR) is 72.4 cm³/mol. The van der Waals surface area contributed by atoms with Gasteiger partial charge in [-0.2, -0.15) is 5.26 Å². The van der Waals surface area contributed by atoms with Gasteiger partial charge in [0.1, 0.15) is 11.9 Å². The minimum Gasteiger partial charge on any atom is -0.505 e. The summed E-state index contributed by atoms with van der Waals surface area (Å²) in [6, 6.07) is 6.89. The highest BCUT2D eigenvalue weighted by Crippen LogP contribution is 2.57. The van der Waals surface area contributed by atoms with Crippen LogP contribution in [0.15, 0.2) is 29.6 Å². The first-order valence-electron chi connectivity index (χ1n) is 5.98. The largest absolute Gasteiger partial charge is 0.505 e. The van der Waals surface area contributed by atoms with E-state index in [9.17, 15) is 14.1 Å². The molecule has 0 heterocycles. The van der Waals surface area contributed by atoms with Gasteiger partial charge in [-0.1, -0.05) is 12.1 Å². The van der Waals surface area contributed by atoms with Gasteiger partial charge in [0.15, 0.2) is 11.1 Å². The monoisotopic (exact) mass is 299 g/mol. The van der Waals surface area contributed by atoms with E-state index in [0.29, 0.717) is 0 Å². The average Bonchev–Trinajstić information content (AvgIpc) is 2.40. The molecule has 108 valence electrons. The Morgan fingerprint density at radius 3 is 2.35 bits per heavy atom. The zero-order valence-electron chi connectivity index (χ0n) is 11.2. The first-order valence-corrected chi connectivity index (χ1v) is 7.52. The lowest BCUT2D eigenvalue weighted by molar-refractivity contribution is 0.227. The number of aliphatic hydroxyl groups is 1. The van der Waals surface area contributed by atoms with E-state index in [0.717, 1.165) is 6.07 Å². The second kappa shape index (κ2) is 7.20. The van der Waals surface area contributed by atoms with Crippen LogP contribution >= 0.6 is 7.60 Å². The Balaban J connectivity index is 3.42. The summed E-state index contributed by atoms with van der Waals surface area (Å²) in [4.78, 5) is 0. The van der Waals surface area contributed by atoms with Crippen LogP contribution in [0.25, 0.3) is 5.76 Å². The molecule has 1 N–H and O–H groups in total. The van der Waals surface area contributed by atoms with Crippen LogP contribution in [0.1, 0.15) is 19.4 Å². The first-order chi connectivity index (χ1) is 9.50. The van der Waals surface area contributed by atoms with Crippen molar-refractivity contribution in [3.63, 3.8) is 0 Å². The third-order valence-corrected chi connectivity index (χ3v) is 4.39. The zero-order chi connectivity index (χ0) is 15.2. The molecule has 0 atom stereocenters. The van der Waals surface area contributed by atoms with E-state index < -0.39 is 24.5 Å². The third kappa shape index (κ3) is 3.45. The highest BCUT2D eigenvalue weighted by Gasteiger charge is 2.34. The fourth-order valence-electron chi connectivity index (χ4n) is 1.53. The van der Waals surface area contributed by atoms with Gasteiger partial charge in [0.05, 0.1) is 18.8 Å². The summed E-state index contributed by atoms with van der Waals surface area (Å²) in [5.41, 5.74) is -0.233. The van der Waals surface area contributed by atoms with Crippen molar-refractivity contribution >= 4 is 13.4 Å². The molecule has 7 heteroatoms. The van der Waals surface area contributed by atoms with Crippen LogP contribution < -0.4 is 0 Å². The zero-order valence-corrected chi connectivity index (χ0v) is 12.1. The number of nitrogens with zero attached hydrogens (tertiary/aromatic N) is 1. The summed E-state index contributed by atoms with van der Waals surface area (Å²) in [5, 5.41) is 18.5. The molecule has 20 heavy (non-hydrogen) atoms. The lowest BCUT2D eigenvalue weighted by atomic mass is 10.1. The Bertz CT molecular complexity index is 584. The molecule has 0 aliphatic heterocycles. The van der Waals surface area contributed by atoms with Gasteiger partial charge in [-0.15, -0.1) is 0 Å². The maximum absolute atomic E-state index is 13.6. The lowest BCUT2D eigenvalue weighted by Crippen LogP contribution is -2.01. The smallest absolute Gasteiger partial charge is 0.375 e. The Labute approximate surface area is 116 Å². The third-order valence-electron chi connectivity index (χ3n) is 2.33. The van der Waals surface area contributed by atoms with Crippen molar-refractivity contribution < 1.29 is 23.1 Å². The molecule has 0 unspecified atom stereocenters. The quantitative estimate of drug-likeness (QED) is 0.490. The minimum absolute atomic E-state index is 0.0208. The SMILES string of the molecule is CCOP(=O)(OCC)/C(C#N)=C(\O)c1ccccc1F. The van der Waals surface area contributed by atoms with Gasteiger partial charge < -0.3 is 14.2 Å². The number of nitriles is 1. The van der Waals surface area contributed by atoms with Crippen molar-refractivity contribution in [1.82, 2.24) is 0 Å². The molecule has 0 aromatic heterocycles. The number of allylic oxidation sites excluding steroid dienone is 1. The molecule has 0 saturated heterocycles. The molecule has 0 aliphatic rings. The van der Waals surface area contributed by atoms with Crippen LogP contribution in [-0.4, -0.2) is 18.3 Å². The summed E-state index contributed by atoms with van der Waals surface area (Å²) in [7, 11) is -3.97. The van der Waals surface area contributed by atoms with Crippen LogP contribution in [0, 0.1) is 17.1 Å². The van der Waals surface area contributed by atoms with Crippen LogP contribution in [0.5, 0.6) is 0 Å². The molecule has 1 aromatic carbocycles. The van der Waals surface area contributed by atoms with Crippen molar-refractivity contribution in [2.24, 2.45) is 0 Å². The summed E-state index contributed by atoms with van der Waals surface area (Å²) < 4.78 is 36.0. The summed E-state index contributed by atoms with van der Waals surface area (Å²) in [5.74, 6) is -1.48.